The Kier molecular flexibility index (Phi) is 10.0. The maximum absolute atomic E-state index is 14.7. The number of carbonyl (C=O) groups excluding carboxylic acids is 4. The molecular weight excluding hydrogens is 638 g/mol. The minimum atomic E-state index is -1.54. The van der Waals surface area contributed by atoms with Crippen molar-refractivity contribution in [1.82, 2.24) is 10.2 Å². The molecule has 2 aromatic carbocycles. The number of amides is 3. The van der Waals surface area contributed by atoms with Gasteiger partial charge < -0.3 is 34.4 Å². The van der Waals surface area contributed by atoms with Gasteiger partial charge in [-0.2, -0.15) is 0 Å². The number of halogens is 1. The van der Waals surface area contributed by atoms with Gasteiger partial charge in [-0.05, 0) is 42.7 Å². The molecule has 8 atom stereocenters. The van der Waals surface area contributed by atoms with Crippen LogP contribution in [0.4, 0.5) is 5.69 Å². The van der Waals surface area contributed by atoms with Gasteiger partial charge in [0.1, 0.15) is 23.7 Å². The molecule has 2 aromatic rings. The van der Waals surface area contributed by atoms with Crippen LogP contribution in [0.25, 0.3) is 0 Å². The van der Waals surface area contributed by atoms with E-state index in [0.717, 1.165) is 0 Å². The monoisotopic (exact) mass is 677 g/mol. The number of aliphatic hydroxyl groups is 1. The normalized spacial score (nSPS) is 31.8. The molecule has 0 radical (unpaired) electrons. The summed E-state index contributed by atoms with van der Waals surface area (Å²) in [6.07, 6.45) is 5.96. The summed E-state index contributed by atoms with van der Waals surface area (Å²) in [5.41, 5.74) is -0.327. The number of nitrogens with zero attached hydrogens (tertiary/aromatic N) is 2. The second kappa shape index (κ2) is 14.2. The molecule has 6 rings (SSSR count). The Hall–Kier alpha value is -4.03. The molecule has 11 nitrogen and oxygen atoms in total. The average molecular weight is 678 g/mol. The highest BCUT2D eigenvalue weighted by atomic mass is 35.5. The number of likely N-dealkylation sites (tertiary alicyclic amines) is 1. The number of ether oxygens (including phenoxy) is 3. The molecule has 3 amide bonds. The molecule has 0 aliphatic carbocycles. The van der Waals surface area contributed by atoms with Crippen LogP contribution in [0.3, 0.4) is 0 Å². The summed E-state index contributed by atoms with van der Waals surface area (Å²) < 4.78 is 18.5. The number of hydrogen-bond donors (Lipinski definition) is 2. The third-order valence-corrected chi connectivity index (χ3v) is 9.96. The van der Waals surface area contributed by atoms with Crippen molar-refractivity contribution in [3.63, 3.8) is 0 Å². The number of hydrogen-bond acceptors (Lipinski definition) is 8. The maximum Gasteiger partial charge on any atom is 0.313 e. The van der Waals surface area contributed by atoms with Crippen LogP contribution in [0.5, 0.6) is 0 Å². The van der Waals surface area contributed by atoms with E-state index in [-0.39, 0.29) is 32.1 Å². The summed E-state index contributed by atoms with van der Waals surface area (Å²) in [6, 6.07) is 13.3. The molecule has 48 heavy (non-hydrogen) atoms. The Bertz CT molecular complexity index is 1580. The van der Waals surface area contributed by atoms with Crippen LogP contribution in [-0.4, -0.2) is 90.4 Å². The molecule has 2 saturated heterocycles. The first-order chi connectivity index (χ1) is 23.2. The first-order valence-corrected chi connectivity index (χ1v) is 16.7. The van der Waals surface area contributed by atoms with Gasteiger partial charge in [-0.25, -0.2) is 0 Å². The summed E-state index contributed by atoms with van der Waals surface area (Å²) >= 11 is 6.14. The molecule has 254 valence electrons. The highest BCUT2D eigenvalue weighted by molar-refractivity contribution is 6.30. The van der Waals surface area contributed by atoms with Gasteiger partial charge in [0.15, 0.2) is 0 Å². The second-order valence-corrected chi connectivity index (χ2v) is 13.0. The minimum Gasteiger partial charge on any atom is -0.455 e. The SMILES string of the molecule is CC[C@@H](CO)N1C(=O)[C@H]2[C@@H]3C(=O)O[C@@H](c4ccccc4)[C@H](COC)NC(=O)CC/C=C\[C@@H]3O[C@]23C=CCN(c2ccc(Cl)cc2)C(=O)[C@H]13. The van der Waals surface area contributed by atoms with Crippen LogP contribution in [0.1, 0.15) is 37.9 Å². The molecule has 1 spiro atoms. The van der Waals surface area contributed by atoms with Gasteiger partial charge in [-0.15, -0.1) is 0 Å². The Morgan fingerprint density at radius 3 is 2.50 bits per heavy atom. The van der Waals surface area contributed by atoms with Crippen LogP contribution in [-0.2, 0) is 33.4 Å². The zero-order valence-electron chi connectivity index (χ0n) is 26.9. The van der Waals surface area contributed by atoms with Crippen molar-refractivity contribution in [2.45, 2.75) is 62.1 Å². The topological polar surface area (TPSA) is 135 Å². The van der Waals surface area contributed by atoms with E-state index in [1.165, 1.54) is 12.0 Å². The lowest BCUT2D eigenvalue weighted by Gasteiger charge is -2.38. The molecule has 4 aliphatic rings. The van der Waals surface area contributed by atoms with E-state index in [4.69, 9.17) is 25.8 Å². The predicted molar refractivity (Wildman–Crippen MR) is 177 cm³/mol. The second-order valence-electron chi connectivity index (χ2n) is 12.5. The summed E-state index contributed by atoms with van der Waals surface area (Å²) in [4.78, 5) is 59.8. The largest absolute Gasteiger partial charge is 0.455 e. The third-order valence-electron chi connectivity index (χ3n) is 9.71. The first kappa shape index (κ1) is 33.9. The smallest absolute Gasteiger partial charge is 0.313 e. The quantitative estimate of drug-likeness (QED) is 0.337. The van der Waals surface area contributed by atoms with Crippen molar-refractivity contribution in [2.24, 2.45) is 11.8 Å². The summed E-state index contributed by atoms with van der Waals surface area (Å²) in [5.74, 6) is -4.09. The van der Waals surface area contributed by atoms with Crippen molar-refractivity contribution >= 4 is 41.0 Å². The fourth-order valence-electron chi connectivity index (χ4n) is 7.49. The Labute approximate surface area is 284 Å². The van der Waals surface area contributed by atoms with Crippen molar-refractivity contribution < 1.29 is 38.5 Å². The van der Waals surface area contributed by atoms with E-state index < -0.39 is 65.6 Å². The molecule has 12 heteroatoms. The number of fused-ring (bicyclic) bond motifs is 2. The van der Waals surface area contributed by atoms with Gasteiger partial charge >= 0.3 is 5.97 Å². The van der Waals surface area contributed by atoms with Gasteiger partial charge in [-0.1, -0.05) is 73.2 Å². The lowest BCUT2D eigenvalue weighted by molar-refractivity contribution is -0.162. The predicted octanol–water partition coefficient (Wildman–Crippen LogP) is 3.36. The minimum absolute atomic E-state index is 0.0631. The molecule has 2 N–H and O–H groups in total. The third kappa shape index (κ3) is 6.04. The molecule has 4 aliphatic heterocycles. The van der Waals surface area contributed by atoms with Crippen LogP contribution in [0, 0.1) is 11.8 Å². The number of cyclic esters (lactones) is 1. The number of rotatable bonds is 7. The maximum atomic E-state index is 14.7. The number of allylic oxidation sites excluding steroid dienone is 1. The van der Waals surface area contributed by atoms with E-state index in [9.17, 15) is 24.3 Å². The molecule has 0 unspecified atom stereocenters. The highest BCUT2D eigenvalue weighted by Crippen LogP contribution is 2.54. The lowest BCUT2D eigenvalue weighted by Crippen LogP contribution is -2.58. The van der Waals surface area contributed by atoms with Crippen molar-refractivity contribution in [1.29, 1.82) is 0 Å². The highest BCUT2D eigenvalue weighted by Gasteiger charge is 2.72. The number of nitrogens with one attached hydrogen (secondary N) is 1. The van der Waals surface area contributed by atoms with Gasteiger partial charge in [0.05, 0.1) is 37.3 Å². The summed E-state index contributed by atoms with van der Waals surface area (Å²) in [7, 11) is 1.50. The van der Waals surface area contributed by atoms with E-state index in [0.29, 0.717) is 29.1 Å². The van der Waals surface area contributed by atoms with Crippen LogP contribution in [0.2, 0.25) is 5.02 Å². The van der Waals surface area contributed by atoms with Crippen LogP contribution in [0.15, 0.2) is 78.9 Å². The molecule has 0 saturated carbocycles. The summed E-state index contributed by atoms with van der Waals surface area (Å²) in [6.45, 7) is 1.69. The van der Waals surface area contributed by atoms with E-state index >= 15 is 0 Å². The van der Waals surface area contributed by atoms with Gasteiger partial charge in [0.2, 0.25) is 11.8 Å². The van der Waals surface area contributed by atoms with Crippen LogP contribution >= 0.6 is 11.6 Å². The molecule has 0 bridgehead atoms. The zero-order chi connectivity index (χ0) is 34.0. The lowest BCUT2D eigenvalue weighted by atomic mass is 9.77. The number of benzene rings is 2. The van der Waals surface area contributed by atoms with E-state index in [1.54, 1.807) is 77.7 Å². The molecule has 4 heterocycles. The zero-order valence-corrected chi connectivity index (χ0v) is 27.6. The van der Waals surface area contributed by atoms with Crippen molar-refractivity contribution in [3.8, 4) is 0 Å². The van der Waals surface area contributed by atoms with Gasteiger partial charge in [-0.3, -0.25) is 19.2 Å². The fraction of sp³-hybridized carbons (Fsp3) is 0.444. The molecule has 0 aromatic heterocycles. The number of anilines is 1. The van der Waals surface area contributed by atoms with Crippen molar-refractivity contribution in [3.05, 3.63) is 89.5 Å². The van der Waals surface area contributed by atoms with Gasteiger partial charge in [0, 0.05) is 30.8 Å². The van der Waals surface area contributed by atoms with Gasteiger partial charge in [0.25, 0.3) is 5.91 Å². The average Bonchev–Trinajstić information content (AvgIpc) is 3.47. The van der Waals surface area contributed by atoms with Crippen molar-refractivity contribution in [2.75, 3.05) is 31.8 Å². The first-order valence-electron chi connectivity index (χ1n) is 16.3. The number of aliphatic hydroxyl groups excluding tert-OH is 1. The van der Waals surface area contributed by atoms with Crippen LogP contribution < -0.4 is 10.2 Å². The Morgan fingerprint density at radius 1 is 1.06 bits per heavy atom. The Balaban J connectivity index is 1.46. The number of esters is 1. The number of methoxy groups -OCH3 is 1. The standard InChI is InChI=1S/C36H40ClN3O8/c1-3-24(20-41)40-32-34(44)39(25-16-14-23(37)15-17-25)19-9-18-36(32)30(33(40)43)29-27(48-36)12-7-8-13-28(42)38-26(21-46-2)31(47-35(29)45)22-10-5-4-6-11-22/h4-7,9-12,14-18,24,26-27,29-32,41H,3,8,13,19-21H2,1-2H3,(H,38,42)/b12-7-/t24-,26-,27-,29+,30+,31-,32-,36+/m0/s1. The van der Waals surface area contributed by atoms with E-state index in [1.807, 2.05) is 13.0 Å². The summed E-state index contributed by atoms with van der Waals surface area (Å²) in [5, 5.41) is 13.9. The Morgan fingerprint density at radius 2 is 1.81 bits per heavy atom. The number of carbonyl (C=O) groups is 4. The molecule has 2 fully saturated rings. The molecular formula is C36H40ClN3O8. The van der Waals surface area contributed by atoms with E-state index in [2.05, 4.69) is 5.32 Å². The fourth-order valence-corrected chi connectivity index (χ4v) is 7.62.